The van der Waals surface area contributed by atoms with Crippen molar-refractivity contribution in [2.24, 2.45) is 0 Å². The second kappa shape index (κ2) is 7.28. The van der Waals surface area contributed by atoms with Gasteiger partial charge in [0, 0.05) is 18.3 Å². The number of benzene rings is 2. The van der Waals surface area contributed by atoms with Gasteiger partial charge in [0.15, 0.2) is 0 Å². The van der Waals surface area contributed by atoms with Gasteiger partial charge in [0.1, 0.15) is 11.5 Å². The Hall–Kier alpha value is -3.45. The minimum absolute atomic E-state index is 0.0124. The van der Waals surface area contributed by atoms with Crippen LogP contribution in [0.15, 0.2) is 60.3 Å². The highest BCUT2D eigenvalue weighted by Gasteiger charge is 2.30. The summed E-state index contributed by atoms with van der Waals surface area (Å²) in [7, 11) is 0. The van der Waals surface area contributed by atoms with Gasteiger partial charge in [0.2, 0.25) is 0 Å². The lowest BCUT2D eigenvalue weighted by atomic mass is 10.2. The van der Waals surface area contributed by atoms with Gasteiger partial charge < -0.3 is 15.0 Å². The highest BCUT2D eigenvalue weighted by Crippen LogP contribution is 2.24. The predicted octanol–water partition coefficient (Wildman–Crippen LogP) is 2.05. The van der Waals surface area contributed by atoms with Gasteiger partial charge in [-0.05, 0) is 30.7 Å². The monoisotopic (exact) mass is 376 g/mol. The number of imide groups is 1. The number of aliphatic hydroxyl groups excluding tert-OH is 1. The molecule has 0 saturated carbocycles. The Labute approximate surface area is 161 Å². The number of fused-ring (bicyclic) bond motifs is 1. The molecule has 1 aromatic heterocycles. The third-order valence-electron chi connectivity index (χ3n) is 4.73. The standard InChI is InChI=1S/C21H20N4O3/c1-14-22-17-11-16(23-18-12-20(27)24(9-10-26)21(18)28)7-8-19(17)25(14)13-15-5-3-2-4-6-15/h2-8,11-12,23,26H,9-10,13H2,1H3. The zero-order valence-corrected chi connectivity index (χ0v) is 15.4. The topological polar surface area (TPSA) is 87.5 Å². The van der Waals surface area contributed by atoms with E-state index in [0.717, 1.165) is 28.3 Å². The molecule has 2 aromatic carbocycles. The third kappa shape index (κ3) is 3.27. The summed E-state index contributed by atoms with van der Waals surface area (Å²) in [6.45, 7) is 2.42. The van der Waals surface area contributed by atoms with Crippen LogP contribution in [-0.2, 0) is 16.1 Å². The molecule has 28 heavy (non-hydrogen) atoms. The van der Waals surface area contributed by atoms with Gasteiger partial charge in [-0.3, -0.25) is 14.5 Å². The summed E-state index contributed by atoms with van der Waals surface area (Å²) in [4.78, 5) is 29.8. The zero-order chi connectivity index (χ0) is 19.7. The van der Waals surface area contributed by atoms with Crippen LogP contribution in [0, 0.1) is 6.92 Å². The number of rotatable bonds is 6. The van der Waals surface area contributed by atoms with E-state index >= 15 is 0 Å². The predicted molar refractivity (Wildman–Crippen MR) is 106 cm³/mol. The van der Waals surface area contributed by atoms with Gasteiger partial charge >= 0.3 is 0 Å². The first-order valence-electron chi connectivity index (χ1n) is 9.03. The maximum absolute atomic E-state index is 12.3. The van der Waals surface area contributed by atoms with Gasteiger partial charge in [-0.15, -0.1) is 0 Å². The van der Waals surface area contributed by atoms with Crippen LogP contribution in [-0.4, -0.2) is 44.5 Å². The Morgan fingerprint density at radius 3 is 2.64 bits per heavy atom. The summed E-state index contributed by atoms with van der Waals surface area (Å²) >= 11 is 0. The maximum Gasteiger partial charge on any atom is 0.277 e. The van der Waals surface area contributed by atoms with Crippen molar-refractivity contribution in [1.82, 2.24) is 14.5 Å². The quantitative estimate of drug-likeness (QED) is 0.643. The first-order chi connectivity index (χ1) is 13.6. The van der Waals surface area contributed by atoms with E-state index in [0.29, 0.717) is 5.69 Å². The highest BCUT2D eigenvalue weighted by molar-refractivity contribution is 6.17. The molecule has 1 aliphatic rings. The van der Waals surface area contributed by atoms with E-state index in [-0.39, 0.29) is 18.8 Å². The summed E-state index contributed by atoms with van der Waals surface area (Å²) in [6, 6.07) is 15.8. The van der Waals surface area contributed by atoms with Crippen molar-refractivity contribution in [2.45, 2.75) is 13.5 Å². The number of hydrogen-bond acceptors (Lipinski definition) is 5. The minimum atomic E-state index is -0.440. The Morgan fingerprint density at radius 2 is 1.89 bits per heavy atom. The van der Waals surface area contributed by atoms with Gasteiger partial charge in [-0.1, -0.05) is 30.3 Å². The maximum atomic E-state index is 12.3. The minimum Gasteiger partial charge on any atom is -0.395 e. The van der Waals surface area contributed by atoms with Gasteiger partial charge in [-0.2, -0.15) is 0 Å². The largest absolute Gasteiger partial charge is 0.395 e. The molecule has 3 aromatic rings. The van der Waals surface area contributed by atoms with Crippen LogP contribution in [0.3, 0.4) is 0 Å². The average molecular weight is 376 g/mol. The van der Waals surface area contributed by atoms with E-state index in [1.54, 1.807) is 0 Å². The summed E-state index contributed by atoms with van der Waals surface area (Å²) in [6.07, 6.45) is 1.25. The Bertz CT molecular complexity index is 1090. The van der Waals surface area contributed by atoms with E-state index in [1.807, 2.05) is 43.3 Å². The molecule has 2 heterocycles. The van der Waals surface area contributed by atoms with Crippen molar-refractivity contribution in [1.29, 1.82) is 0 Å². The first kappa shape index (κ1) is 17.9. The molecule has 0 bridgehead atoms. The Morgan fingerprint density at radius 1 is 1.11 bits per heavy atom. The van der Waals surface area contributed by atoms with E-state index in [2.05, 4.69) is 27.0 Å². The van der Waals surface area contributed by atoms with Crippen molar-refractivity contribution < 1.29 is 14.7 Å². The summed E-state index contributed by atoms with van der Waals surface area (Å²) in [5.41, 5.74) is 3.87. The molecule has 0 saturated heterocycles. The van der Waals surface area contributed by atoms with E-state index in [4.69, 9.17) is 5.11 Å². The fourth-order valence-electron chi connectivity index (χ4n) is 3.36. The SMILES string of the molecule is Cc1nc2cc(NC3=CC(=O)N(CCO)C3=O)ccc2n1Cc1ccccc1. The lowest BCUT2D eigenvalue weighted by Gasteiger charge is -2.13. The molecule has 142 valence electrons. The fourth-order valence-corrected chi connectivity index (χ4v) is 3.36. The van der Waals surface area contributed by atoms with Crippen LogP contribution in [0.4, 0.5) is 5.69 Å². The molecule has 0 unspecified atom stereocenters. The average Bonchev–Trinajstić information content (AvgIpc) is 3.13. The number of β-amino-alcohol motifs (C(OH)–C–C–N with tert-alkyl or cyclic N) is 1. The number of nitrogens with one attached hydrogen (secondary N) is 1. The number of nitrogens with zero attached hydrogens (tertiary/aromatic N) is 3. The lowest BCUT2D eigenvalue weighted by molar-refractivity contribution is -0.137. The molecule has 0 fully saturated rings. The molecule has 1 aliphatic heterocycles. The molecule has 0 atom stereocenters. The number of aryl methyl sites for hydroxylation is 1. The lowest BCUT2D eigenvalue weighted by Crippen LogP contribution is -2.34. The zero-order valence-electron chi connectivity index (χ0n) is 15.4. The number of carbonyl (C=O) groups excluding carboxylic acids is 2. The normalized spacial score (nSPS) is 14.1. The van der Waals surface area contributed by atoms with Crippen LogP contribution in [0.5, 0.6) is 0 Å². The molecular weight excluding hydrogens is 356 g/mol. The fraction of sp³-hybridized carbons (Fsp3) is 0.190. The van der Waals surface area contributed by atoms with Crippen molar-refractivity contribution in [3.05, 3.63) is 71.7 Å². The smallest absolute Gasteiger partial charge is 0.277 e. The van der Waals surface area contributed by atoms with Crippen LogP contribution in [0.25, 0.3) is 11.0 Å². The summed E-state index contributed by atoms with van der Waals surface area (Å²) in [5.74, 6) is 0.0343. The second-order valence-electron chi connectivity index (χ2n) is 6.64. The number of aliphatic hydroxyl groups is 1. The number of imidazole rings is 1. The molecule has 0 spiro atoms. The number of amides is 2. The van der Waals surface area contributed by atoms with Crippen LogP contribution >= 0.6 is 0 Å². The molecule has 2 amide bonds. The summed E-state index contributed by atoms with van der Waals surface area (Å²) < 4.78 is 2.14. The highest BCUT2D eigenvalue weighted by atomic mass is 16.3. The third-order valence-corrected chi connectivity index (χ3v) is 4.73. The number of aromatic nitrogens is 2. The number of hydrogen-bond donors (Lipinski definition) is 2. The molecule has 7 heteroatoms. The Kier molecular flexibility index (Phi) is 4.67. The van der Waals surface area contributed by atoms with E-state index in [9.17, 15) is 9.59 Å². The molecule has 4 rings (SSSR count). The molecule has 2 N–H and O–H groups in total. The molecular formula is C21H20N4O3. The number of carbonyl (C=O) groups is 2. The van der Waals surface area contributed by atoms with E-state index < -0.39 is 11.8 Å². The van der Waals surface area contributed by atoms with Crippen LogP contribution in [0.2, 0.25) is 0 Å². The van der Waals surface area contributed by atoms with Gasteiger partial charge in [0.05, 0.1) is 24.2 Å². The van der Waals surface area contributed by atoms with Gasteiger partial charge in [-0.25, -0.2) is 4.98 Å². The number of anilines is 1. The molecule has 7 nitrogen and oxygen atoms in total. The van der Waals surface area contributed by atoms with Crippen LogP contribution in [0.1, 0.15) is 11.4 Å². The van der Waals surface area contributed by atoms with Crippen molar-refractivity contribution in [2.75, 3.05) is 18.5 Å². The first-order valence-corrected chi connectivity index (χ1v) is 9.03. The second-order valence-corrected chi connectivity index (χ2v) is 6.64. The van der Waals surface area contributed by atoms with Crippen LogP contribution < -0.4 is 5.32 Å². The Balaban J connectivity index is 1.59. The summed E-state index contributed by atoms with van der Waals surface area (Å²) in [5, 5.41) is 12.0. The van der Waals surface area contributed by atoms with Crippen molar-refractivity contribution in [3.63, 3.8) is 0 Å². The van der Waals surface area contributed by atoms with Crippen molar-refractivity contribution >= 4 is 28.5 Å². The van der Waals surface area contributed by atoms with E-state index in [1.165, 1.54) is 11.6 Å². The van der Waals surface area contributed by atoms with Crippen molar-refractivity contribution in [3.8, 4) is 0 Å². The molecule has 0 radical (unpaired) electrons. The molecule has 0 aliphatic carbocycles. The van der Waals surface area contributed by atoms with Gasteiger partial charge in [0.25, 0.3) is 11.8 Å².